The Morgan fingerprint density at radius 2 is 1.81 bits per heavy atom. The van der Waals surface area contributed by atoms with Crippen molar-refractivity contribution in [1.82, 2.24) is 5.32 Å². The van der Waals surface area contributed by atoms with Crippen molar-refractivity contribution in [2.75, 3.05) is 0 Å². The van der Waals surface area contributed by atoms with Crippen LogP contribution in [0.1, 0.15) is 29.8 Å². The first-order chi connectivity index (χ1) is 10.1. The van der Waals surface area contributed by atoms with E-state index in [4.69, 9.17) is 4.74 Å². The largest absolute Gasteiger partial charge is 0.491 e. The van der Waals surface area contributed by atoms with Crippen LogP contribution in [0.2, 0.25) is 0 Å². The highest BCUT2D eigenvalue weighted by Crippen LogP contribution is 2.14. The molecule has 1 amide bonds. The maximum atomic E-state index is 12.1. The Labute approximate surface area is 138 Å². The van der Waals surface area contributed by atoms with E-state index >= 15 is 0 Å². The molecule has 21 heavy (non-hydrogen) atoms. The van der Waals surface area contributed by atoms with E-state index in [1.54, 1.807) is 0 Å². The molecule has 0 saturated heterocycles. The quantitative estimate of drug-likeness (QED) is 0.778. The molecule has 2 aromatic rings. The molecule has 0 heterocycles. The van der Waals surface area contributed by atoms with Gasteiger partial charge in [-0.1, -0.05) is 24.3 Å². The van der Waals surface area contributed by atoms with Crippen LogP contribution in [0.3, 0.4) is 0 Å². The van der Waals surface area contributed by atoms with Crippen molar-refractivity contribution in [3.05, 3.63) is 63.2 Å². The summed E-state index contributed by atoms with van der Waals surface area (Å²) < 4.78 is 6.54. The summed E-state index contributed by atoms with van der Waals surface area (Å²) >= 11 is 2.17. The number of nitrogens with one attached hydrogen (secondary N) is 1. The van der Waals surface area contributed by atoms with Gasteiger partial charge in [0, 0.05) is 10.1 Å². The number of hydrogen-bond donors (Lipinski definition) is 1. The zero-order valence-corrected chi connectivity index (χ0v) is 14.3. The molecule has 0 spiro atoms. The summed E-state index contributed by atoms with van der Waals surface area (Å²) in [5, 5.41) is 2.93. The lowest BCUT2D eigenvalue weighted by molar-refractivity contribution is 0.0950. The van der Waals surface area contributed by atoms with Gasteiger partial charge in [0.15, 0.2) is 0 Å². The van der Waals surface area contributed by atoms with Gasteiger partial charge in [0.25, 0.3) is 5.91 Å². The van der Waals surface area contributed by atoms with E-state index in [1.807, 2.05) is 62.4 Å². The van der Waals surface area contributed by atoms with E-state index in [-0.39, 0.29) is 12.0 Å². The van der Waals surface area contributed by atoms with Gasteiger partial charge in [-0.15, -0.1) is 0 Å². The lowest BCUT2D eigenvalue weighted by Gasteiger charge is -2.11. The summed E-state index contributed by atoms with van der Waals surface area (Å²) in [6.45, 7) is 4.50. The first kappa shape index (κ1) is 15.8. The summed E-state index contributed by atoms with van der Waals surface area (Å²) in [6.07, 6.45) is 0.163. The average molecular weight is 395 g/mol. The van der Waals surface area contributed by atoms with Gasteiger partial charge in [-0.3, -0.25) is 4.79 Å². The number of hydrogen-bond acceptors (Lipinski definition) is 2. The van der Waals surface area contributed by atoms with Gasteiger partial charge in [-0.25, -0.2) is 0 Å². The number of amides is 1. The van der Waals surface area contributed by atoms with Crippen molar-refractivity contribution >= 4 is 28.5 Å². The molecule has 4 heteroatoms. The fourth-order valence-corrected chi connectivity index (χ4v) is 2.51. The Morgan fingerprint density at radius 1 is 1.14 bits per heavy atom. The minimum Gasteiger partial charge on any atom is -0.491 e. The van der Waals surface area contributed by atoms with Crippen LogP contribution in [0.25, 0.3) is 0 Å². The second kappa shape index (κ2) is 7.45. The van der Waals surface area contributed by atoms with Crippen LogP contribution < -0.4 is 10.1 Å². The maximum Gasteiger partial charge on any atom is 0.252 e. The Bertz CT molecular complexity index is 608. The number of carbonyl (C=O) groups excluding carboxylic acids is 1. The van der Waals surface area contributed by atoms with Gasteiger partial charge < -0.3 is 10.1 Å². The summed E-state index contributed by atoms with van der Waals surface area (Å²) in [7, 11) is 0. The first-order valence-electron chi connectivity index (χ1n) is 6.84. The van der Waals surface area contributed by atoms with Crippen LogP contribution in [0.4, 0.5) is 0 Å². The molecule has 110 valence electrons. The van der Waals surface area contributed by atoms with Crippen LogP contribution in [0, 0.1) is 3.57 Å². The lowest BCUT2D eigenvalue weighted by Crippen LogP contribution is -2.23. The zero-order valence-electron chi connectivity index (χ0n) is 12.1. The maximum absolute atomic E-state index is 12.1. The molecular weight excluding hydrogens is 377 g/mol. The second-order valence-corrected chi connectivity index (χ2v) is 6.14. The van der Waals surface area contributed by atoms with Crippen molar-refractivity contribution < 1.29 is 9.53 Å². The van der Waals surface area contributed by atoms with Gasteiger partial charge >= 0.3 is 0 Å². The molecule has 0 aliphatic carbocycles. The van der Waals surface area contributed by atoms with Crippen molar-refractivity contribution in [3.8, 4) is 5.75 Å². The highest BCUT2D eigenvalue weighted by Gasteiger charge is 2.08. The Kier molecular flexibility index (Phi) is 5.61. The normalized spacial score (nSPS) is 10.5. The molecule has 0 radical (unpaired) electrons. The van der Waals surface area contributed by atoms with Crippen LogP contribution in [0.5, 0.6) is 5.75 Å². The van der Waals surface area contributed by atoms with E-state index in [9.17, 15) is 4.79 Å². The topological polar surface area (TPSA) is 38.3 Å². The average Bonchev–Trinajstić information content (AvgIpc) is 2.46. The van der Waals surface area contributed by atoms with Gasteiger partial charge in [-0.05, 0) is 66.3 Å². The fourth-order valence-electron chi connectivity index (χ4n) is 1.88. The molecule has 0 aliphatic heterocycles. The molecule has 0 bridgehead atoms. The molecular formula is C17H18INO2. The van der Waals surface area contributed by atoms with Crippen LogP contribution in [0.15, 0.2) is 48.5 Å². The fraction of sp³-hybridized carbons (Fsp3) is 0.235. The van der Waals surface area contributed by atoms with Crippen molar-refractivity contribution in [2.45, 2.75) is 26.5 Å². The molecule has 0 unspecified atom stereocenters. The standard InChI is InChI=1S/C17H18INO2/c1-12(2)21-14-9-7-13(8-10-14)11-19-17(20)15-5-3-4-6-16(15)18/h3-10,12H,11H2,1-2H3,(H,19,20). The van der Waals surface area contributed by atoms with Crippen LogP contribution in [-0.2, 0) is 6.54 Å². The SMILES string of the molecule is CC(C)Oc1ccc(CNC(=O)c2ccccc2I)cc1. The van der Waals surface area contributed by atoms with Gasteiger partial charge in [-0.2, -0.15) is 0 Å². The lowest BCUT2D eigenvalue weighted by atomic mass is 10.2. The number of ether oxygens (including phenoxy) is 1. The summed E-state index contributed by atoms with van der Waals surface area (Å²) in [5.41, 5.74) is 1.75. The molecule has 3 nitrogen and oxygen atoms in total. The smallest absolute Gasteiger partial charge is 0.252 e. The molecule has 0 fully saturated rings. The molecule has 0 aromatic heterocycles. The van der Waals surface area contributed by atoms with Crippen LogP contribution in [-0.4, -0.2) is 12.0 Å². The molecule has 0 saturated carbocycles. The summed E-state index contributed by atoms with van der Waals surface area (Å²) in [6, 6.07) is 15.3. The van der Waals surface area contributed by atoms with Crippen molar-refractivity contribution in [3.63, 3.8) is 0 Å². The highest BCUT2D eigenvalue weighted by molar-refractivity contribution is 14.1. The van der Waals surface area contributed by atoms with Crippen molar-refractivity contribution in [1.29, 1.82) is 0 Å². The van der Waals surface area contributed by atoms with E-state index < -0.39 is 0 Å². The van der Waals surface area contributed by atoms with E-state index in [0.29, 0.717) is 12.1 Å². The summed E-state index contributed by atoms with van der Waals surface area (Å²) in [4.78, 5) is 12.1. The molecule has 0 atom stereocenters. The number of halogens is 1. The van der Waals surface area contributed by atoms with Crippen LogP contribution >= 0.6 is 22.6 Å². The van der Waals surface area contributed by atoms with E-state index in [2.05, 4.69) is 27.9 Å². The Balaban J connectivity index is 1.94. The minimum absolute atomic E-state index is 0.0532. The monoisotopic (exact) mass is 395 g/mol. The van der Waals surface area contributed by atoms with E-state index in [0.717, 1.165) is 14.9 Å². The second-order valence-electron chi connectivity index (χ2n) is 4.97. The third-order valence-corrected chi connectivity index (χ3v) is 3.81. The van der Waals surface area contributed by atoms with E-state index in [1.165, 1.54) is 0 Å². The van der Waals surface area contributed by atoms with Gasteiger partial charge in [0.1, 0.15) is 5.75 Å². The minimum atomic E-state index is -0.0532. The predicted molar refractivity (Wildman–Crippen MR) is 92.5 cm³/mol. The number of rotatable bonds is 5. The third kappa shape index (κ3) is 4.74. The molecule has 1 N–H and O–H groups in total. The number of carbonyl (C=O) groups is 1. The van der Waals surface area contributed by atoms with Gasteiger partial charge in [0.05, 0.1) is 11.7 Å². The number of benzene rings is 2. The van der Waals surface area contributed by atoms with Crippen molar-refractivity contribution in [2.24, 2.45) is 0 Å². The molecule has 2 rings (SSSR count). The first-order valence-corrected chi connectivity index (χ1v) is 7.92. The molecule has 2 aromatic carbocycles. The predicted octanol–water partition coefficient (Wildman–Crippen LogP) is 4.01. The summed E-state index contributed by atoms with van der Waals surface area (Å²) in [5.74, 6) is 0.792. The zero-order chi connectivity index (χ0) is 15.2. The Morgan fingerprint density at radius 3 is 2.43 bits per heavy atom. The Hall–Kier alpha value is -1.56. The molecule has 0 aliphatic rings. The third-order valence-electron chi connectivity index (χ3n) is 2.87. The van der Waals surface area contributed by atoms with Gasteiger partial charge in [0.2, 0.25) is 0 Å². The highest BCUT2D eigenvalue weighted by atomic mass is 127.